The summed E-state index contributed by atoms with van der Waals surface area (Å²) in [6.45, 7) is 3.31. The van der Waals surface area contributed by atoms with E-state index in [1.54, 1.807) is 6.07 Å². The van der Waals surface area contributed by atoms with Gasteiger partial charge in [-0.3, -0.25) is 4.99 Å². The minimum Gasteiger partial charge on any atom is -0.381 e. The van der Waals surface area contributed by atoms with Crippen molar-refractivity contribution in [3.63, 3.8) is 0 Å². The van der Waals surface area contributed by atoms with Crippen molar-refractivity contribution < 1.29 is 4.39 Å². The molecular weight excluding hydrogens is 243 g/mol. The van der Waals surface area contributed by atoms with Gasteiger partial charge < -0.3 is 15.5 Å². The van der Waals surface area contributed by atoms with Crippen LogP contribution in [0.1, 0.15) is 12.0 Å². The zero-order chi connectivity index (χ0) is 13.7. The molecule has 1 aliphatic rings. The molecule has 1 aromatic carbocycles. The van der Waals surface area contributed by atoms with Crippen molar-refractivity contribution in [1.29, 1.82) is 0 Å². The first-order chi connectivity index (χ1) is 9.16. The van der Waals surface area contributed by atoms with Gasteiger partial charge in [0.25, 0.3) is 0 Å². The summed E-state index contributed by atoms with van der Waals surface area (Å²) in [6.07, 6.45) is 1.04. The predicted octanol–water partition coefficient (Wildman–Crippen LogP) is 1.54. The fourth-order valence-corrected chi connectivity index (χ4v) is 1.95. The van der Waals surface area contributed by atoms with Gasteiger partial charge in [0.2, 0.25) is 0 Å². The Bertz CT molecular complexity index is 457. The number of amidine groups is 1. The summed E-state index contributed by atoms with van der Waals surface area (Å²) in [7, 11) is 3.99. The molecule has 104 valence electrons. The summed E-state index contributed by atoms with van der Waals surface area (Å²) in [5.74, 6) is 0.566. The Morgan fingerprint density at radius 2 is 2.26 bits per heavy atom. The molecule has 0 spiro atoms. The lowest BCUT2D eigenvalue weighted by atomic mass is 10.1. The minimum absolute atomic E-state index is 0.230. The third-order valence-corrected chi connectivity index (χ3v) is 3.01. The second-order valence-electron chi connectivity index (χ2n) is 4.94. The lowest BCUT2D eigenvalue weighted by Gasteiger charge is -2.16. The Hall–Kier alpha value is -1.62. The lowest BCUT2D eigenvalue weighted by Crippen LogP contribution is -2.30. The van der Waals surface area contributed by atoms with Crippen LogP contribution in [0.2, 0.25) is 0 Å². The average molecular weight is 264 g/mol. The maximum Gasteiger partial charge on any atom is 0.147 e. The quantitative estimate of drug-likeness (QED) is 0.847. The monoisotopic (exact) mass is 264 g/mol. The summed E-state index contributed by atoms with van der Waals surface area (Å²) in [4.78, 5) is 6.42. The molecule has 5 heteroatoms. The van der Waals surface area contributed by atoms with E-state index in [2.05, 4.69) is 20.5 Å². The standard InChI is InChI=1S/C14H21FN4/c1-19(2)9-8-16-13-5-4-11(10-12(13)15)14-17-6-3-7-18-14/h4-5,10,16H,3,6-9H2,1-2H3,(H,17,18). The largest absolute Gasteiger partial charge is 0.381 e. The highest BCUT2D eigenvalue weighted by Crippen LogP contribution is 2.16. The van der Waals surface area contributed by atoms with E-state index < -0.39 is 0 Å². The van der Waals surface area contributed by atoms with Gasteiger partial charge in [-0.2, -0.15) is 0 Å². The van der Waals surface area contributed by atoms with Gasteiger partial charge in [-0.05, 0) is 38.7 Å². The molecule has 0 radical (unpaired) electrons. The highest BCUT2D eigenvalue weighted by atomic mass is 19.1. The molecule has 0 amide bonds. The molecule has 0 aromatic heterocycles. The molecule has 2 N–H and O–H groups in total. The second kappa shape index (κ2) is 6.52. The van der Waals surface area contributed by atoms with Crippen LogP contribution in [-0.4, -0.2) is 51.0 Å². The van der Waals surface area contributed by atoms with E-state index in [0.717, 1.165) is 44.0 Å². The van der Waals surface area contributed by atoms with Crippen LogP contribution in [0.4, 0.5) is 10.1 Å². The number of halogens is 1. The fourth-order valence-electron chi connectivity index (χ4n) is 1.95. The summed E-state index contributed by atoms with van der Waals surface area (Å²) in [6, 6.07) is 5.21. The Balaban J connectivity index is 2.02. The van der Waals surface area contributed by atoms with Crippen LogP contribution in [0.25, 0.3) is 0 Å². The zero-order valence-electron chi connectivity index (χ0n) is 11.5. The van der Waals surface area contributed by atoms with Crippen molar-refractivity contribution in [2.45, 2.75) is 6.42 Å². The van der Waals surface area contributed by atoms with E-state index in [1.165, 1.54) is 6.07 Å². The number of anilines is 1. The number of nitrogens with zero attached hydrogens (tertiary/aromatic N) is 2. The van der Waals surface area contributed by atoms with Gasteiger partial charge in [0.05, 0.1) is 5.69 Å². The van der Waals surface area contributed by atoms with E-state index in [1.807, 2.05) is 20.2 Å². The van der Waals surface area contributed by atoms with E-state index in [4.69, 9.17) is 0 Å². The summed E-state index contributed by atoms with van der Waals surface area (Å²) in [5, 5.41) is 6.29. The first kappa shape index (κ1) is 13.8. The van der Waals surface area contributed by atoms with Gasteiger partial charge in [0.1, 0.15) is 11.7 Å². The molecule has 0 fully saturated rings. The SMILES string of the molecule is CN(C)CCNc1ccc(C2=NCCCN2)cc1F. The molecule has 1 heterocycles. The molecule has 1 aromatic rings. The van der Waals surface area contributed by atoms with Gasteiger partial charge in [-0.15, -0.1) is 0 Å². The topological polar surface area (TPSA) is 39.7 Å². The third-order valence-electron chi connectivity index (χ3n) is 3.01. The smallest absolute Gasteiger partial charge is 0.147 e. The van der Waals surface area contributed by atoms with Gasteiger partial charge in [-0.1, -0.05) is 0 Å². The van der Waals surface area contributed by atoms with Gasteiger partial charge in [0, 0.05) is 31.7 Å². The average Bonchev–Trinajstić information content (AvgIpc) is 2.41. The third kappa shape index (κ3) is 3.92. The number of rotatable bonds is 5. The first-order valence-corrected chi connectivity index (χ1v) is 6.63. The number of likely N-dealkylation sites (N-methyl/N-ethyl adjacent to an activating group) is 1. The van der Waals surface area contributed by atoms with Crippen LogP contribution in [0.5, 0.6) is 0 Å². The second-order valence-corrected chi connectivity index (χ2v) is 4.94. The summed E-state index contributed by atoms with van der Waals surface area (Å²) in [5.41, 5.74) is 1.36. The van der Waals surface area contributed by atoms with Crippen LogP contribution >= 0.6 is 0 Å². The van der Waals surface area contributed by atoms with Crippen molar-refractivity contribution in [2.24, 2.45) is 4.99 Å². The van der Waals surface area contributed by atoms with Crippen molar-refractivity contribution in [2.75, 3.05) is 45.6 Å². The fraction of sp³-hybridized carbons (Fsp3) is 0.500. The molecule has 0 saturated carbocycles. The number of aliphatic imine (C=N–C) groups is 1. The minimum atomic E-state index is -0.230. The Labute approximate surface area is 113 Å². The number of nitrogens with one attached hydrogen (secondary N) is 2. The lowest BCUT2D eigenvalue weighted by molar-refractivity contribution is 0.425. The maximum atomic E-state index is 14.0. The van der Waals surface area contributed by atoms with E-state index in [9.17, 15) is 4.39 Å². The van der Waals surface area contributed by atoms with Gasteiger partial charge >= 0.3 is 0 Å². The molecule has 0 saturated heterocycles. The number of benzene rings is 1. The van der Waals surface area contributed by atoms with Crippen molar-refractivity contribution in [3.8, 4) is 0 Å². The number of hydrogen-bond acceptors (Lipinski definition) is 4. The van der Waals surface area contributed by atoms with Crippen molar-refractivity contribution in [1.82, 2.24) is 10.2 Å². The van der Waals surface area contributed by atoms with E-state index in [0.29, 0.717) is 5.69 Å². The van der Waals surface area contributed by atoms with Crippen molar-refractivity contribution in [3.05, 3.63) is 29.6 Å². The Morgan fingerprint density at radius 1 is 1.42 bits per heavy atom. The van der Waals surface area contributed by atoms with Crippen LogP contribution in [0, 0.1) is 5.82 Å². The van der Waals surface area contributed by atoms with Gasteiger partial charge in [0.15, 0.2) is 0 Å². The van der Waals surface area contributed by atoms with Crippen LogP contribution in [0.15, 0.2) is 23.2 Å². The van der Waals surface area contributed by atoms with Gasteiger partial charge in [-0.25, -0.2) is 4.39 Å². The first-order valence-electron chi connectivity index (χ1n) is 6.63. The zero-order valence-corrected chi connectivity index (χ0v) is 11.5. The number of hydrogen-bond donors (Lipinski definition) is 2. The predicted molar refractivity (Wildman–Crippen MR) is 77.5 cm³/mol. The van der Waals surface area contributed by atoms with Crippen LogP contribution < -0.4 is 10.6 Å². The molecule has 0 atom stereocenters. The molecule has 19 heavy (non-hydrogen) atoms. The summed E-state index contributed by atoms with van der Waals surface area (Å²) >= 11 is 0. The molecular formula is C14H21FN4. The van der Waals surface area contributed by atoms with E-state index in [-0.39, 0.29) is 5.82 Å². The molecule has 4 nitrogen and oxygen atoms in total. The Morgan fingerprint density at radius 3 is 2.89 bits per heavy atom. The molecule has 0 bridgehead atoms. The van der Waals surface area contributed by atoms with Crippen LogP contribution in [0.3, 0.4) is 0 Å². The molecule has 2 rings (SSSR count). The molecule has 1 aliphatic heterocycles. The summed E-state index contributed by atoms with van der Waals surface area (Å²) < 4.78 is 14.0. The highest BCUT2D eigenvalue weighted by molar-refractivity contribution is 5.99. The normalized spacial score (nSPS) is 15.1. The van der Waals surface area contributed by atoms with E-state index >= 15 is 0 Å². The van der Waals surface area contributed by atoms with Crippen LogP contribution in [-0.2, 0) is 0 Å². The molecule has 0 unspecified atom stereocenters. The highest BCUT2D eigenvalue weighted by Gasteiger charge is 2.10. The Kier molecular flexibility index (Phi) is 4.74. The van der Waals surface area contributed by atoms with Crippen molar-refractivity contribution >= 4 is 11.5 Å². The molecule has 0 aliphatic carbocycles. The maximum absolute atomic E-state index is 14.0.